The summed E-state index contributed by atoms with van der Waals surface area (Å²) in [6, 6.07) is 5.08. The van der Waals surface area contributed by atoms with Crippen molar-refractivity contribution >= 4 is 5.91 Å². The number of nitrogens with zero attached hydrogens (tertiary/aromatic N) is 1. The minimum atomic E-state index is -0.0753. The van der Waals surface area contributed by atoms with Gasteiger partial charge >= 0.3 is 0 Å². The molecule has 5 nitrogen and oxygen atoms in total. The highest BCUT2D eigenvalue weighted by molar-refractivity contribution is 5.94. The molecule has 1 rings (SSSR count). The van der Waals surface area contributed by atoms with E-state index < -0.39 is 0 Å². The van der Waals surface area contributed by atoms with Crippen molar-refractivity contribution in [1.82, 2.24) is 4.90 Å². The molecule has 2 N–H and O–H groups in total. The molecule has 0 spiro atoms. The zero-order valence-corrected chi connectivity index (χ0v) is 10.4. The van der Waals surface area contributed by atoms with Crippen LogP contribution in [0, 0.1) is 0 Å². The fourth-order valence-corrected chi connectivity index (χ4v) is 1.35. The lowest BCUT2D eigenvalue weighted by Crippen LogP contribution is -2.21. The normalized spacial score (nSPS) is 9.88. The van der Waals surface area contributed by atoms with E-state index in [2.05, 4.69) is 0 Å². The summed E-state index contributed by atoms with van der Waals surface area (Å²) in [6.45, 7) is 0.846. The molecule has 0 radical (unpaired) electrons. The average Bonchev–Trinajstić information content (AvgIpc) is 2.35. The second-order valence-electron chi connectivity index (χ2n) is 3.70. The van der Waals surface area contributed by atoms with Crippen LogP contribution in [0.1, 0.15) is 10.4 Å². The van der Waals surface area contributed by atoms with Gasteiger partial charge in [0, 0.05) is 26.2 Å². The van der Waals surface area contributed by atoms with E-state index in [1.807, 2.05) is 0 Å². The van der Waals surface area contributed by atoms with Gasteiger partial charge in [0.05, 0.1) is 7.11 Å². The van der Waals surface area contributed by atoms with Gasteiger partial charge in [-0.05, 0) is 18.2 Å². The van der Waals surface area contributed by atoms with E-state index in [1.165, 1.54) is 12.0 Å². The Morgan fingerprint density at radius 2 is 2.06 bits per heavy atom. The predicted molar refractivity (Wildman–Crippen MR) is 65.6 cm³/mol. The van der Waals surface area contributed by atoms with Gasteiger partial charge in [-0.2, -0.15) is 0 Å². The number of hydrogen-bond donors (Lipinski definition) is 1. The number of nitrogens with two attached hydrogens (primary N) is 1. The second kappa shape index (κ2) is 6.10. The Bertz CT molecular complexity index is 391. The standard InChI is InChI=1S/C12H18N2O3/c1-14(2)12(15)9-4-5-10(17-7-6-13)11(8-9)16-3/h4-5,8H,6-7,13H2,1-3H3. The Morgan fingerprint density at radius 3 is 2.59 bits per heavy atom. The largest absolute Gasteiger partial charge is 0.493 e. The van der Waals surface area contributed by atoms with E-state index in [9.17, 15) is 4.79 Å². The van der Waals surface area contributed by atoms with Crippen LogP contribution in [0.5, 0.6) is 11.5 Å². The van der Waals surface area contributed by atoms with Crippen LogP contribution in [0.4, 0.5) is 0 Å². The molecule has 0 saturated carbocycles. The first-order valence-electron chi connectivity index (χ1n) is 5.32. The molecular formula is C12H18N2O3. The van der Waals surface area contributed by atoms with Crippen LogP contribution in [0.3, 0.4) is 0 Å². The maximum atomic E-state index is 11.7. The van der Waals surface area contributed by atoms with Crippen molar-refractivity contribution in [3.63, 3.8) is 0 Å². The predicted octanol–water partition coefficient (Wildman–Crippen LogP) is 0.734. The van der Waals surface area contributed by atoms with Crippen molar-refractivity contribution in [2.24, 2.45) is 5.73 Å². The van der Waals surface area contributed by atoms with E-state index in [-0.39, 0.29) is 5.91 Å². The molecule has 0 saturated heterocycles. The summed E-state index contributed by atoms with van der Waals surface area (Å²) in [5, 5.41) is 0. The minimum absolute atomic E-state index is 0.0753. The van der Waals surface area contributed by atoms with Crippen molar-refractivity contribution in [1.29, 1.82) is 0 Å². The zero-order valence-electron chi connectivity index (χ0n) is 10.4. The van der Waals surface area contributed by atoms with Crippen LogP contribution in [0.15, 0.2) is 18.2 Å². The van der Waals surface area contributed by atoms with E-state index in [0.717, 1.165) is 0 Å². The second-order valence-corrected chi connectivity index (χ2v) is 3.70. The van der Waals surface area contributed by atoms with Gasteiger partial charge in [-0.1, -0.05) is 0 Å². The van der Waals surface area contributed by atoms with Gasteiger partial charge in [-0.25, -0.2) is 0 Å². The molecule has 0 aromatic heterocycles. The highest BCUT2D eigenvalue weighted by atomic mass is 16.5. The van der Waals surface area contributed by atoms with Crippen molar-refractivity contribution < 1.29 is 14.3 Å². The lowest BCUT2D eigenvalue weighted by Gasteiger charge is -2.13. The SMILES string of the molecule is COc1cc(C(=O)N(C)C)ccc1OCCN. The highest BCUT2D eigenvalue weighted by Crippen LogP contribution is 2.28. The summed E-state index contributed by atoms with van der Waals surface area (Å²) in [5.41, 5.74) is 5.92. The topological polar surface area (TPSA) is 64.8 Å². The first-order chi connectivity index (χ1) is 8.10. The molecule has 0 aliphatic heterocycles. The van der Waals surface area contributed by atoms with Crippen LogP contribution in [-0.2, 0) is 0 Å². The van der Waals surface area contributed by atoms with E-state index >= 15 is 0 Å². The maximum Gasteiger partial charge on any atom is 0.253 e. The van der Waals surface area contributed by atoms with Gasteiger partial charge in [-0.15, -0.1) is 0 Å². The van der Waals surface area contributed by atoms with Crippen LogP contribution >= 0.6 is 0 Å². The monoisotopic (exact) mass is 238 g/mol. The number of rotatable bonds is 5. The molecule has 0 bridgehead atoms. The van der Waals surface area contributed by atoms with E-state index in [0.29, 0.717) is 30.2 Å². The van der Waals surface area contributed by atoms with Crippen molar-refractivity contribution in [3.8, 4) is 11.5 Å². The summed E-state index contributed by atoms with van der Waals surface area (Å²) in [4.78, 5) is 13.3. The van der Waals surface area contributed by atoms with Crippen LogP contribution in [0.25, 0.3) is 0 Å². The zero-order chi connectivity index (χ0) is 12.8. The number of hydrogen-bond acceptors (Lipinski definition) is 4. The molecule has 1 aromatic carbocycles. The molecule has 94 valence electrons. The van der Waals surface area contributed by atoms with Crippen LogP contribution in [0.2, 0.25) is 0 Å². The van der Waals surface area contributed by atoms with Crippen LogP contribution in [-0.4, -0.2) is 45.2 Å². The smallest absolute Gasteiger partial charge is 0.253 e. The fraction of sp³-hybridized carbons (Fsp3) is 0.417. The van der Waals surface area contributed by atoms with Gasteiger partial charge in [0.1, 0.15) is 6.61 Å². The minimum Gasteiger partial charge on any atom is -0.493 e. The van der Waals surface area contributed by atoms with E-state index in [1.54, 1.807) is 32.3 Å². The molecule has 17 heavy (non-hydrogen) atoms. The number of benzene rings is 1. The molecule has 1 aromatic rings. The number of carbonyl (C=O) groups is 1. The molecule has 0 aliphatic carbocycles. The first kappa shape index (κ1) is 13.3. The quantitative estimate of drug-likeness (QED) is 0.821. The highest BCUT2D eigenvalue weighted by Gasteiger charge is 2.12. The molecule has 0 fully saturated rings. The van der Waals surface area contributed by atoms with Gasteiger partial charge in [0.25, 0.3) is 5.91 Å². The number of methoxy groups -OCH3 is 1. The molecule has 0 aliphatic rings. The first-order valence-corrected chi connectivity index (χ1v) is 5.32. The van der Waals surface area contributed by atoms with Crippen LogP contribution < -0.4 is 15.2 Å². The Kier molecular flexibility index (Phi) is 4.78. The molecule has 1 amide bonds. The van der Waals surface area contributed by atoms with E-state index in [4.69, 9.17) is 15.2 Å². The lowest BCUT2D eigenvalue weighted by atomic mass is 10.2. The summed E-state index contributed by atoms with van der Waals surface area (Å²) in [5.74, 6) is 1.05. The summed E-state index contributed by atoms with van der Waals surface area (Å²) in [6.07, 6.45) is 0. The number of ether oxygens (including phenoxy) is 2. The Morgan fingerprint density at radius 1 is 1.35 bits per heavy atom. The van der Waals surface area contributed by atoms with Crippen molar-refractivity contribution in [2.45, 2.75) is 0 Å². The summed E-state index contributed by atoms with van der Waals surface area (Å²) < 4.78 is 10.6. The summed E-state index contributed by atoms with van der Waals surface area (Å²) in [7, 11) is 4.94. The van der Waals surface area contributed by atoms with Crippen molar-refractivity contribution in [2.75, 3.05) is 34.4 Å². The number of carbonyl (C=O) groups excluding carboxylic acids is 1. The van der Waals surface area contributed by atoms with Gasteiger partial charge in [0.2, 0.25) is 0 Å². The van der Waals surface area contributed by atoms with Gasteiger partial charge in [0.15, 0.2) is 11.5 Å². The van der Waals surface area contributed by atoms with Crippen molar-refractivity contribution in [3.05, 3.63) is 23.8 Å². The molecular weight excluding hydrogens is 220 g/mol. The third-order valence-electron chi connectivity index (χ3n) is 2.19. The molecule has 0 unspecified atom stereocenters. The third-order valence-corrected chi connectivity index (χ3v) is 2.19. The van der Waals surface area contributed by atoms with Gasteiger partial charge in [-0.3, -0.25) is 4.79 Å². The third kappa shape index (κ3) is 3.35. The summed E-state index contributed by atoms with van der Waals surface area (Å²) >= 11 is 0. The maximum absolute atomic E-state index is 11.7. The fourth-order valence-electron chi connectivity index (χ4n) is 1.35. The lowest BCUT2D eigenvalue weighted by molar-refractivity contribution is 0.0827. The Balaban J connectivity index is 2.95. The van der Waals surface area contributed by atoms with Gasteiger partial charge < -0.3 is 20.1 Å². The Hall–Kier alpha value is -1.75. The Labute approximate surface area is 101 Å². The number of amides is 1. The molecule has 0 atom stereocenters. The molecule has 5 heteroatoms. The average molecular weight is 238 g/mol. The molecule has 0 heterocycles.